The predicted octanol–water partition coefficient (Wildman–Crippen LogP) is 3.38. The van der Waals surface area contributed by atoms with Crippen LogP contribution in [0.5, 0.6) is 5.75 Å². The van der Waals surface area contributed by atoms with Crippen LogP contribution < -0.4 is 0 Å². The molecule has 1 N–H and O–H groups in total. The Bertz CT molecular complexity index is 413. The number of carbonyl (C=O) groups is 1. The molecule has 0 aromatic heterocycles. The standard InChI is InChI=1S/C10H8BrF3O2/c1-5(11)9(16)6-2-7(10(12,13)14)4-8(15)3-6/h2-5,15H,1H3. The zero-order valence-electron chi connectivity index (χ0n) is 8.18. The molecule has 0 saturated heterocycles. The Labute approximate surface area is 98.2 Å². The van der Waals surface area contributed by atoms with Crippen LogP contribution in [0.25, 0.3) is 0 Å². The Kier molecular flexibility index (Phi) is 3.62. The second kappa shape index (κ2) is 4.45. The first-order chi connectivity index (χ1) is 7.21. The maximum atomic E-state index is 12.4. The lowest BCUT2D eigenvalue weighted by Crippen LogP contribution is -2.12. The molecular formula is C10H8BrF3O2. The number of hydrogen-bond acceptors (Lipinski definition) is 2. The highest BCUT2D eigenvalue weighted by Crippen LogP contribution is 2.32. The molecule has 1 rings (SSSR count). The third-order valence-electron chi connectivity index (χ3n) is 1.89. The Morgan fingerprint density at radius 1 is 1.38 bits per heavy atom. The second-order valence-electron chi connectivity index (χ2n) is 3.25. The van der Waals surface area contributed by atoms with Crippen molar-refractivity contribution in [3.05, 3.63) is 29.3 Å². The molecule has 0 amide bonds. The molecule has 0 aliphatic heterocycles. The van der Waals surface area contributed by atoms with Crippen molar-refractivity contribution in [2.24, 2.45) is 0 Å². The number of rotatable bonds is 2. The number of halogens is 4. The quantitative estimate of drug-likeness (QED) is 0.671. The van der Waals surface area contributed by atoms with Crippen LogP contribution in [0.4, 0.5) is 13.2 Å². The van der Waals surface area contributed by atoms with Crippen molar-refractivity contribution in [1.82, 2.24) is 0 Å². The van der Waals surface area contributed by atoms with Crippen molar-refractivity contribution in [3.63, 3.8) is 0 Å². The largest absolute Gasteiger partial charge is 0.508 e. The molecule has 0 saturated carbocycles. The number of hydrogen-bond donors (Lipinski definition) is 1. The van der Waals surface area contributed by atoms with Gasteiger partial charge in [0.15, 0.2) is 5.78 Å². The topological polar surface area (TPSA) is 37.3 Å². The number of ketones is 1. The number of benzene rings is 1. The van der Waals surface area contributed by atoms with E-state index in [9.17, 15) is 18.0 Å². The molecule has 1 aromatic carbocycles. The molecule has 0 radical (unpaired) electrons. The average molecular weight is 297 g/mol. The summed E-state index contributed by atoms with van der Waals surface area (Å²) in [6.45, 7) is 1.50. The smallest absolute Gasteiger partial charge is 0.416 e. The van der Waals surface area contributed by atoms with Gasteiger partial charge in [0.1, 0.15) is 5.75 Å². The van der Waals surface area contributed by atoms with Gasteiger partial charge < -0.3 is 5.11 Å². The van der Waals surface area contributed by atoms with E-state index in [-0.39, 0.29) is 5.56 Å². The maximum Gasteiger partial charge on any atom is 0.416 e. The molecule has 0 spiro atoms. The molecule has 0 aliphatic rings. The summed E-state index contributed by atoms with van der Waals surface area (Å²) in [6, 6.07) is 2.31. The second-order valence-corrected chi connectivity index (χ2v) is 4.62. The van der Waals surface area contributed by atoms with Gasteiger partial charge in [0.05, 0.1) is 10.4 Å². The lowest BCUT2D eigenvalue weighted by Gasteiger charge is -2.10. The molecule has 16 heavy (non-hydrogen) atoms. The molecule has 1 atom stereocenters. The van der Waals surface area contributed by atoms with E-state index < -0.39 is 28.1 Å². The SMILES string of the molecule is CC(Br)C(=O)c1cc(O)cc(C(F)(F)F)c1. The summed E-state index contributed by atoms with van der Waals surface area (Å²) in [6.07, 6.45) is -4.58. The highest BCUT2D eigenvalue weighted by atomic mass is 79.9. The summed E-state index contributed by atoms with van der Waals surface area (Å²) >= 11 is 2.96. The van der Waals surface area contributed by atoms with Crippen LogP contribution in [-0.2, 0) is 6.18 Å². The van der Waals surface area contributed by atoms with Gasteiger partial charge in [0, 0.05) is 5.56 Å². The van der Waals surface area contributed by atoms with Gasteiger partial charge in [-0.25, -0.2) is 0 Å². The Hall–Kier alpha value is -1.04. The number of phenols is 1. The van der Waals surface area contributed by atoms with E-state index >= 15 is 0 Å². The highest BCUT2D eigenvalue weighted by molar-refractivity contribution is 9.10. The van der Waals surface area contributed by atoms with E-state index in [0.717, 1.165) is 12.1 Å². The Morgan fingerprint density at radius 2 is 1.94 bits per heavy atom. The first kappa shape index (κ1) is 13.0. The molecule has 2 nitrogen and oxygen atoms in total. The Balaban J connectivity index is 3.24. The van der Waals surface area contributed by atoms with Gasteiger partial charge in [-0.15, -0.1) is 0 Å². The van der Waals surface area contributed by atoms with E-state index in [1.807, 2.05) is 0 Å². The fourth-order valence-corrected chi connectivity index (χ4v) is 1.41. The van der Waals surface area contributed by atoms with Gasteiger partial charge in [0.2, 0.25) is 0 Å². The van der Waals surface area contributed by atoms with Crippen LogP contribution in [-0.4, -0.2) is 15.7 Å². The summed E-state index contributed by atoms with van der Waals surface area (Å²) in [5.41, 5.74) is -1.21. The van der Waals surface area contributed by atoms with Gasteiger partial charge in [-0.1, -0.05) is 15.9 Å². The average Bonchev–Trinajstić information content (AvgIpc) is 2.14. The molecule has 0 fully saturated rings. The first-order valence-electron chi connectivity index (χ1n) is 4.31. The summed E-state index contributed by atoms with van der Waals surface area (Å²) in [4.78, 5) is 10.8. The lowest BCUT2D eigenvalue weighted by atomic mass is 10.0. The van der Waals surface area contributed by atoms with Crippen LogP contribution in [0.1, 0.15) is 22.8 Å². The highest BCUT2D eigenvalue weighted by Gasteiger charge is 2.32. The summed E-state index contributed by atoms with van der Waals surface area (Å²) in [7, 11) is 0. The van der Waals surface area contributed by atoms with Gasteiger partial charge in [-0.2, -0.15) is 13.2 Å². The van der Waals surface area contributed by atoms with Crippen LogP contribution in [0.3, 0.4) is 0 Å². The van der Waals surface area contributed by atoms with E-state index in [0.29, 0.717) is 6.07 Å². The number of Topliss-reactive ketones (excluding diaryl/α,β-unsaturated/α-hetero) is 1. The van der Waals surface area contributed by atoms with Crippen LogP contribution >= 0.6 is 15.9 Å². The molecule has 6 heteroatoms. The van der Waals surface area contributed by atoms with E-state index in [1.165, 1.54) is 6.92 Å². The fraction of sp³-hybridized carbons (Fsp3) is 0.300. The summed E-state index contributed by atoms with van der Waals surface area (Å²) < 4.78 is 37.1. The zero-order chi connectivity index (χ0) is 12.5. The first-order valence-corrected chi connectivity index (χ1v) is 5.23. The van der Waals surface area contributed by atoms with Crippen LogP contribution in [0, 0.1) is 0 Å². The predicted molar refractivity (Wildman–Crippen MR) is 55.8 cm³/mol. The minimum absolute atomic E-state index is 0.170. The van der Waals surface area contributed by atoms with Gasteiger partial charge in [-0.3, -0.25) is 4.79 Å². The van der Waals surface area contributed by atoms with Gasteiger partial charge in [-0.05, 0) is 25.1 Å². The molecule has 0 aliphatic carbocycles. The molecule has 0 heterocycles. The van der Waals surface area contributed by atoms with Crippen molar-refractivity contribution >= 4 is 21.7 Å². The van der Waals surface area contributed by atoms with Crippen molar-refractivity contribution in [2.45, 2.75) is 17.9 Å². The van der Waals surface area contributed by atoms with Crippen molar-refractivity contribution in [1.29, 1.82) is 0 Å². The number of phenolic OH excluding ortho intramolecular Hbond substituents is 1. The third kappa shape index (κ3) is 2.98. The Morgan fingerprint density at radius 3 is 2.38 bits per heavy atom. The molecular weight excluding hydrogens is 289 g/mol. The van der Waals surface area contributed by atoms with Gasteiger partial charge in [0.25, 0.3) is 0 Å². The summed E-state index contributed by atoms with van der Waals surface area (Å²) in [5, 5.41) is 9.12. The minimum Gasteiger partial charge on any atom is -0.508 e. The minimum atomic E-state index is -4.58. The number of aromatic hydroxyl groups is 1. The molecule has 1 unspecified atom stereocenters. The van der Waals surface area contributed by atoms with Crippen LogP contribution in [0.15, 0.2) is 18.2 Å². The number of alkyl halides is 4. The normalized spacial score (nSPS) is 13.6. The van der Waals surface area contributed by atoms with Crippen molar-refractivity contribution in [2.75, 3.05) is 0 Å². The lowest BCUT2D eigenvalue weighted by molar-refractivity contribution is -0.137. The van der Waals surface area contributed by atoms with E-state index in [1.54, 1.807) is 0 Å². The molecule has 1 aromatic rings. The number of carbonyl (C=O) groups excluding carboxylic acids is 1. The van der Waals surface area contributed by atoms with Crippen molar-refractivity contribution < 1.29 is 23.1 Å². The van der Waals surface area contributed by atoms with Gasteiger partial charge >= 0.3 is 6.18 Å². The fourth-order valence-electron chi connectivity index (χ4n) is 1.15. The molecule has 0 bridgehead atoms. The third-order valence-corrected chi connectivity index (χ3v) is 2.31. The monoisotopic (exact) mass is 296 g/mol. The van der Waals surface area contributed by atoms with E-state index in [2.05, 4.69) is 15.9 Å². The van der Waals surface area contributed by atoms with Crippen LogP contribution in [0.2, 0.25) is 0 Å². The molecule has 88 valence electrons. The van der Waals surface area contributed by atoms with Crippen molar-refractivity contribution in [3.8, 4) is 5.75 Å². The maximum absolute atomic E-state index is 12.4. The zero-order valence-corrected chi connectivity index (χ0v) is 9.76. The van der Waals surface area contributed by atoms with E-state index in [4.69, 9.17) is 5.11 Å². The summed E-state index contributed by atoms with van der Waals surface area (Å²) in [5.74, 6) is -1.09.